The van der Waals surface area contributed by atoms with E-state index in [2.05, 4.69) is 53.9 Å². The molecule has 3 atom stereocenters. The summed E-state index contributed by atoms with van der Waals surface area (Å²) in [6, 6.07) is 8.24. The summed E-state index contributed by atoms with van der Waals surface area (Å²) in [7, 11) is 2.14. The lowest BCUT2D eigenvalue weighted by atomic mass is 9.71. The Bertz CT molecular complexity index is 596. The molecule has 3 nitrogen and oxygen atoms in total. The highest BCUT2D eigenvalue weighted by molar-refractivity contribution is 9.10. The van der Waals surface area contributed by atoms with Gasteiger partial charge in [-0.2, -0.15) is 0 Å². The highest BCUT2D eigenvalue weighted by Crippen LogP contribution is 2.44. The van der Waals surface area contributed by atoms with E-state index in [-0.39, 0.29) is 12.1 Å². The van der Waals surface area contributed by atoms with Gasteiger partial charge in [-0.3, -0.25) is 4.79 Å². The van der Waals surface area contributed by atoms with Crippen molar-refractivity contribution in [3.8, 4) is 0 Å². The summed E-state index contributed by atoms with van der Waals surface area (Å²) in [6.45, 7) is 6.30. The van der Waals surface area contributed by atoms with Crippen LogP contribution in [0.2, 0.25) is 0 Å². The number of esters is 1. The molecule has 1 aliphatic carbocycles. The summed E-state index contributed by atoms with van der Waals surface area (Å²) in [5.41, 5.74) is 0.550. The van der Waals surface area contributed by atoms with E-state index in [9.17, 15) is 4.79 Å². The van der Waals surface area contributed by atoms with Crippen molar-refractivity contribution in [1.29, 1.82) is 0 Å². The van der Waals surface area contributed by atoms with Crippen LogP contribution < -0.4 is 0 Å². The number of hydrogen-bond donors (Lipinski definition) is 0. The third kappa shape index (κ3) is 3.95. The van der Waals surface area contributed by atoms with Crippen LogP contribution >= 0.6 is 15.9 Å². The van der Waals surface area contributed by atoms with E-state index < -0.39 is 5.41 Å². The van der Waals surface area contributed by atoms with Crippen LogP contribution in [-0.2, 0) is 14.9 Å². The van der Waals surface area contributed by atoms with Crippen LogP contribution in [0.4, 0.5) is 0 Å². The van der Waals surface area contributed by atoms with Gasteiger partial charge in [0.15, 0.2) is 0 Å². The largest absolute Gasteiger partial charge is 0.461 e. The second-order valence-electron chi connectivity index (χ2n) is 8.16. The molecule has 1 saturated carbocycles. The van der Waals surface area contributed by atoms with E-state index in [1.807, 2.05) is 12.1 Å². The molecular formula is C21H30BrNO2. The van der Waals surface area contributed by atoms with Gasteiger partial charge in [0.25, 0.3) is 0 Å². The summed E-state index contributed by atoms with van der Waals surface area (Å²) < 4.78 is 7.18. The Morgan fingerprint density at radius 1 is 1.20 bits per heavy atom. The van der Waals surface area contributed by atoms with E-state index in [1.54, 1.807) is 0 Å². The SMILES string of the molecule is CC1CN(C)CCC1OC(=O)C(C)(c1ccc(Br)cc1)C1CCCC1. The Morgan fingerprint density at radius 3 is 2.44 bits per heavy atom. The van der Waals surface area contributed by atoms with E-state index in [0.29, 0.717) is 11.8 Å². The zero-order valence-electron chi connectivity index (χ0n) is 15.6. The van der Waals surface area contributed by atoms with Crippen molar-refractivity contribution in [3.63, 3.8) is 0 Å². The van der Waals surface area contributed by atoms with Crippen molar-refractivity contribution in [2.24, 2.45) is 11.8 Å². The van der Waals surface area contributed by atoms with Gasteiger partial charge in [0.1, 0.15) is 6.10 Å². The number of likely N-dealkylation sites (tertiary alicyclic amines) is 1. The molecule has 2 aliphatic rings. The number of piperidine rings is 1. The molecule has 138 valence electrons. The highest BCUT2D eigenvalue weighted by atomic mass is 79.9. The molecule has 0 spiro atoms. The predicted molar refractivity (Wildman–Crippen MR) is 105 cm³/mol. The third-order valence-corrected chi connectivity index (χ3v) is 6.86. The number of halogens is 1. The first-order chi connectivity index (χ1) is 11.9. The van der Waals surface area contributed by atoms with Crippen molar-refractivity contribution in [3.05, 3.63) is 34.3 Å². The van der Waals surface area contributed by atoms with Crippen molar-refractivity contribution in [1.82, 2.24) is 4.90 Å². The lowest BCUT2D eigenvalue weighted by molar-refractivity contribution is -0.163. The molecule has 0 amide bonds. The van der Waals surface area contributed by atoms with Crippen LogP contribution in [0.25, 0.3) is 0 Å². The summed E-state index contributed by atoms with van der Waals surface area (Å²) in [5.74, 6) is 0.742. The van der Waals surface area contributed by atoms with Gasteiger partial charge in [-0.15, -0.1) is 0 Å². The molecule has 1 heterocycles. The van der Waals surface area contributed by atoms with Gasteiger partial charge in [-0.1, -0.05) is 47.8 Å². The maximum absolute atomic E-state index is 13.4. The highest BCUT2D eigenvalue weighted by Gasteiger charge is 2.46. The first-order valence-corrected chi connectivity index (χ1v) is 10.4. The average molecular weight is 408 g/mol. The molecule has 4 heteroatoms. The second kappa shape index (κ2) is 7.79. The Morgan fingerprint density at radius 2 is 1.84 bits per heavy atom. The summed E-state index contributed by atoms with van der Waals surface area (Å²) in [6.07, 6.45) is 5.64. The normalized spacial score (nSPS) is 27.8. The standard InChI is InChI=1S/C21H30BrNO2/c1-15-14-23(3)13-12-19(15)25-20(24)21(2,16-6-4-5-7-16)17-8-10-18(22)11-9-17/h8-11,15-16,19H,4-7,12-14H2,1-3H3. The van der Waals surface area contributed by atoms with Crippen molar-refractivity contribution < 1.29 is 9.53 Å². The molecule has 1 aliphatic heterocycles. The van der Waals surface area contributed by atoms with Gasteiger partial charge >= 0.3 is 5.97 Å². The van der Waals surface area contributed by atoms with Crippen molar-refractivity contribution >= 4 is 21.9 Å². The number of carbonyl (C=O) groups is 1. The van der Waals surface area contributed by atoms with E-state index in [1.165, 1.54) is 12.8 Å². The molecule has 0 N–H and O–H groups in total. The van der Waals surface area contributed by atoms with Crippen LogP contribution in [0.1, 0.15) is 51.5 Å². The fourth-order valence-electron chi connectivity index (χ4n) is 4.59. The lowest BCUT2D eigenvalue weighted by Gasteiger charge is -2.39. The molecule has 0 radical (unpaired) electrons. The maximum atomic E-state index is 13.4. The monoisotopic (exact) mass is 407 g/mol. The van der Waals surface area contributed by atoms with Crippen LogP contribution in [0.5, 0.6) is 0 Å². The molecule has 1 aromatic carbocycles. The molecule has 2 fully saturated rings. The van der Waals surface area contributed by atoms with Gasteiger partial charge in [0, 0.05) is 23.5 Å². The number of rotatable bonds is 4. The van der Waals surface area contributed by atoms with E-state index in [4.69, 9.17) is 4.74 Å². The Labute approximate surface area is 160 Å². The number of ether oxygens (including phenoxy) is 1. The molecule has 1 aromatic rings. The average Bonchev–Trinajstić information content (AvgIpc) is 3.12. The van der Waals surface area contributed by atoms with E-state index in [0.717, 1.165) is 42.4 Å². The van der Waals surface area contributed by atoms with Crippen LogP contribution in [0.3, 0.4) is 0 Å². The molecule has 3 rings (SSSR count). The molecule has 0 aromatic heterocycles. The van der Waals surface area contributed by atoms with Crippen LogP contribution in [0, 0.1) is 11.8 Å². The molecule has 1 saturated heterocycles. The summed E-state index contributed by atoms with van der Waals surface area (Å²) >= 11 is 3.51. The minimum atomic E-state index is -0.541. The van der Waals surface area contributed by atoms with Gasteiger partial charge in [0.2, 0.25) is 0 Å². The van der Waals surface area contributed by atoms with Gasteiger partial charge in [-0.05, 0) is 56.8 Å². The summed E-state index contributed by atoms with van der Waals surface area (Å²) in [4.78, 5) is 15.7. The minimum absolute atomic E-state index is 0.0249. The van der Waals surface area contributed by atoms with Gasteiger partial charge in [-0.25, -0.2) is 0 Å². The second-order valence-corrected chi connectivity index (χ2v) is 9.08. The van der Waals surface area contributed by atoms with Gasteiger partial charge < -0.3 is 9.64 Å². The van der Waals surface area contributed by atoms with Gasteiger partial charge in [0.05, 0.1) is 5.41 Å². The predicted octanol–water partition coefficient (Wildman–Crippen LogP) is 4.78. The number of nitrogens with zero attached hydrogens (tertiary/aromatic N) is 1. The quantitative estimate of drug-likeness (QED) is 0.672. The zero-order valence-corrected chi connectivity index (χ0v) is 17.2. The summed E-state index contributed by atoms with van der Waals surface area (Å²) in [5, 5.41) is 0. The van der Waals surface area contributed by atoms with Crippen molar-refractivity contribution in [2.45, 2.75) is 57.5 Å². The number of benzene rings is 1. The number of hydrogen-bond acceptors (Lipinski definition) is 3. The topological polar surface area (TPSA) is 29.5 Å². The van der Waals surface area contributed by atoms with Crippen LogP contribution in [-0.4, -0.2) is 37.1 Å². The molecule has 25 heavy (non-hydrogen) atoms. The third-order valence-electron chi connectivity index (χ3n) is 6.33. The van der Waals surface area contributed by atoms with Crippen LogP contribution in [0.15, 0.2) is 28.7 Å². The molecular weight excluding hydrogens is 378 g/mol. The van der Waals surface area contributed by atoms with E-state index >= 15 is 0 Å². The Kier molecular flexibility index (Phi) is 5.89. The smallest absolute Gasteiger partial charge is 0.316 e. The first kappa shape index (κ1) is 18.9. The van der Waals surface area contributed by atoms with Crippen molar-refractivity contribution in [2.75, 3.05) is 20.1 Å². The fraction of sp³-hybridized carbons (Fsp3) is 0.667. The Balaban J connectivity index is 1.83. The zero-order chi connectivity index (χ0) is 18.0. The molecule has 0 bridgehead atoms. The molecule has 3 unspecified atom stereocenters. The minimum Gasteiger partial charge on any atom is -0.461 e. The first-order valence-electron chi connectivity index (χ1n) is 9.57. The number of carbonyl (C=O) groups excluding carboxylic acids is 1. The Hall–Kier alpha value is -0.870. The fourth-order valence-corrected chi connectivity index (χ4v) is 4.85. The lowest BCUT2D eigenvalue weighted by Crippen LogP contribution is -2.47. The maximum Gasteiger partial charge on any atom is 0.316 e.